The van der Waals surface area contributed by atoms with Crippen LogP contribution in [0.15, 0.2) is 23.2 Å². The minimum Gasteiger partial charge on any atom is -0.369 e. The van der Waals surface area contributed by atoms with E-state index in [9.17, 15) is 9.18 Å². The molecular weight excluding hydrogens is 484 g/mol. The van der Waals surface area contributed by atoms with Crippen LogP contribution in [0.1, 0.15) is 25.3 Å². The number of hydrogen-bond donors (Lipinski definition) is 3. The van der Waals surface area contributed by atoms with E-state index in [-0.39, 0.29) is 41.7 Å². The summed E-state index contributed by atoms with van der Waals surface area (Å²) in [4.78, 5) is 17.6. The number of amides is 1. The third-order valence-electron chi connectivity index (χ3n) is 4.35. The molecule has 1 aliphatic heterocycles. The highest BCUT2D eigenvalue weighted by Gasteiger charge is 2.20. The maximum Gasteiger partial charge on any atom is 0.231 e. The molecular formula is C18H28ClFIN5O. The second kappa shape index (κ2) is 12.4. The van der Waals surface area contributed by atoms with Crippen LogP contribution in [-0.2, 0) is 11.2 Å². The monoisotopic (exact) mass is 511 g/mol. The number of likely N-dealkylation sites (tertiary alicyclic amines) is 1. The van der Waals surface area contributed by atoms with Crippen LogP contribution in [-0.4, -0.2) is 55.5 Å². The molecule has 0 atom stereocenters. The van der Waals surface area contributed by atoms with Crippen molar-refractivity contribution >= 4 is 47.4 Å². The molecule has 4 N–H and O–H groups in total. The number of carbonyl (C=O) groups is 1. The molecule has 0 unspecified atom stereocenters. The number of hydrogen-bond acceptors (Lipinski definition) is 3. The van der Waals surface area contributed by atoms with Gasteiger partial charge in [0.1, 0.15) is 5.82 Å². The van der Waals surface area contributed by atoms with Gasteiger partial charge in [0, 0.05) is 42.8 Å². The van der Waals surface area contributed by atoms with Gasteiger partial charge < -0.3 is 16.4 Å². The van der Waals surface area contributed by atoms with Crippen molar-refractivity contribution in [1.82, 2.24) is 15.5 Å². The van der Waals surface area contributed by atoms with Crippen LogP contribution in [0, 0.1) is 5.82 Å². The molecule has 2 rings (SSSR count). The molecule has 0 aliphatic carbocycles. The molecule has 27 heavy (non-hydrogen) atoms. The van der Waals surface area contributed by atoms with Gasteiger partial charge >= 0.3 is 0 Å². The fraction of sp³-hybridized carbons (Fsp3) is 0.556. The molecule has 152 valence electrons. The summed E-state index contributed by atoms with van der Waals surface area (Å²) in [5.41, 5.74) is 5.73. The fourth-order valence-electron chi connectivity index (χ4n) is 3.02. The maximum absolute atomic E-state index is 13.8. The Labute approximate surface area is 182 Å². The van der Waals surface area contributed by atoms with Gasteiger partial charge in [-0.2, -0.15) is 0 Å². The first-order valence-electron chi connectivity index (χ1n) is 8.98. The Hall–Kier alpha value is -1.13. The first kappa shape index (κ1) is 23.9. The average molecular weight is 512 g/mol. The van der Waals surface area contributed by atoms with Crippen LogP contribution in [0.4, 0.5) is 4.39 Å². The van der Waals surface area contributed by atoms with Crippen molar-refractivity contribution in [2.45, 2.75) is 32.2 Å². The van der Waals surface area contributed by atoms with Gasteiger partial charge in [0.05, 0.1) is 6.54 Å². The highest BCUT2D eigenvalue weighted by molar-refractivity contribution is 14.0. The fourth-order valence-corrected chi connectivity index (χ4v) is 3.28. The number of halogens is 3. The Kier molecular flexibility index (Phi) is 10.9. The molecule has 0 bridgehead atoms. The van der Waals surface area contributed by atoms with E-state index in [1.807, 2.05) is 6.92 Å². The van der Waals surface area contributed by atoms with Crippen LogP contribution in [0.5, 0.6) is 0 Å². The number of primary amides is 1. The Balaban J connectivity index is 0.00000364. The zero-order valence-electron chi connectivity index (χ0n) is 15.5. The van der Waals surface area contributed by atoms with E-state index in [1.165, 1.54) is 6.07 Å². The minimum atomic E-state index is -0.299. The van der Waals surface area contributed by atoms with Crippen LogP contribution in [0.25, 0.3) is 0 Å². The molecule has 6 nitrogen and oxygen atoms in total. The molecule has 1 heterocycles. The number of rotatable bonds is 7. The van der Waals surface area contributed by atoms with Crippen molar-refractivity contribution in [3.05, 3.63) is 34.6 Å². The summed E-state index contributed by atoms with van der Waals surface area (Å²) in [6, 6.07) is 4.98. The third-order valence-corrected chi connectivity index (χ3v) is 4.70. The summed E-state index contributed by atoms with van der Waals surface area (Å²) in [6.07, 6.45) is 2.27. The Morgan fingerprint density at radius 1 is 1.41 bits per heavy atom. The maximum atomic E-state index is 13.8. The van der Waals surface area contributed by atoms with Gasteiger partial charge in [-0.05, 0) is 38.3 Å². The molecule has 1 aliphatic rings. The molecule has 0 radical (unpaired) electrons. The number of guanidine groups is 1. The van der Waals surface area contributed by atoms with Crippen molar-refractivity contribution in [2.24, 2.45) is 10.7 Å². The highest BCUT2D eigenvalue weighted by Crippen LogP contribution is 2.19. The number of nitrogens with two attached hydrogens (primary N) is 1. The zero-order chi connectivity index (χ0) is 18.9. The summed E-state index contributed by atoms with van der Waals surface area (Å²) in [7, 11) is 0. The lowest BCUT2D eigenvalue weighted by atomic mass is 10.1. The van der Waals surface area contributed by atoms with Crippen LogP contribution in [0.2, 0.25) is 5.02 Å². The third kappa shape index (κ3) is 8.18. The van der Waals surface area contributed by atoms with E-state index < -0.39 is 0 Å². The topological polar surface area (TPSA) is 82.8 Å². The summed E-state index contributed by atoms with van der Waals surface area (Å²) in [5.74, 6) is 0.124. The van der Waals surface area contributed by atoms with Crippen LogP contribution >= 0.6 is 35.6 Å². The lowest BCUT2D eigenvalue weighted by molar-refractivity contribution is -0.119. The minimum absolute atomic E-state index is 0. The van der Waals surface area contributed by atoms with E-state index in [2.05, 4.69) is 20.5 Å². The van der Waals surface area contributed by atoms with Gasteiger partial charge in [-0.3, -0.25) is 14.7 Å². The predicted octanol–water partition coefficient (Wildman–Crippen LogP) is 2.14. The van der Waals surface area contributed by atoms with Crippen molar-refractivity contribution in [2.75, 3.05) is 32.7 Å². The van der Waals surface area contributed by atoms with Crippen molar-refractivity contribution in [3.8, 4) is 0 Å². The quantitative estimate of drug-likeness (QED) is 0.298. The molecule has 9 heteroatoms. The van der Waals surface area contributed by atoms with Gasteiger partial charge in [0.15, 0.2) is 5.96 Å². The summed E-state index contributed by atoms with van der Waals surface area (Å²) in [6.45, 7) is 5.14. The van der Waals surface area contributed by atoms with E-state index in [1.54, 1.807) is 12.1 Å². The molecule has 1 saturated heterocycles. The normalized spacial score (nSPS) is 15.9. The van der Waals surface area contributed by atoms with Crippen LogP contribution < -0.4 is 16.4 Å². The Morgan fingerprint density at radius 2 is 2.11 bits per heavy atom. The lowest BCUT2D eigenvalue weighted by Gasteiger charge is -2.32. The zero-order valence-corrected chi connectivity index (χ0v) is 18.6. The van der Waals surface area contributed by atoms with Crippen molar-refractivity contribution < 1.29 is 9.18 Å². The van der Waals surface area contributed by atoms with E-state index >= 15 is 0 Å². The van der Waals surface area contributed by atoms with Gasteiger partial charge in [0.25, 0.3) is 0 Å². The lowest BCUT2D eigenvalue weighted by Crippen LogP contribution is -2.49. The van der Waals surface area contributed by atoms with Gasteiger partial charge in [-0.25, -0.2) is 4.39 Å². The predicted molar refractivity (Wildman–Crippen MR) is 118 cm³/mol. The van der Waals surface area contributed by atoms with Crippen molar-refractivity contribution in [3.63, 3.8) is 0 Å². The van der Waals surface area contributed by atoms with E-state index in [0.717, 1.165) is 32.5 Å². The summed E-state index contributed by atoms with van der Waals surface area (Å²) in [5, 5.41) is 7.06. The largest absolute Gasteiger partial charge is 0.369 e. The Bertz CT molecular complexity index is 618. The highest BCUT2D eigenvalue weighted by atomic mass is 127. The van der Waals surface area contributed by atoms with E-state index in [4.69, 9.17) is 17.3 Å². The smallest absolute Gasteiger partial charge is 0.231 e. The SMILES string of the molecule is CCNC(=NCCc1c(F)cccc1Cl)NC1CCN(CC(N)=O)CC1.I. The van der Waals surface area contributed by atoms with Crippen LogP contribution in [0.3, 0.4) is 0 Å². The first-order chi connectivity index (χ1) is 12.5. The molecule has 1 aromatic rings. The molecule has 1 amide bonds. The van der Waals surface area contributed by atoms with Gasteiger partial charge in [0.2, 0.25) is 5.91 Å². The number of nitrogens with one attached hydrogen (secondary N) is 2. The molecule has 1 fully saturated rings. The van der Waals surface area contributed by atoms with Crippen molar-refractivity contribution in [1.29, 1.82) is 0 Å². The summed E-state index contributed by atoms with van der Waals surface area (Å²) < 4.78 is 13.8. The molecule has 0 aromatic heterocycles. The number of carbonyl (C=O) groups excluding carboxylic acids is 1. The van der Waals surface area contributed by atoms with E-state index in [0.29, 0.717) is 36.1 Å². The number of aliphatic imine (C=N–C) groups is 1. The molecule has 1 aromatic carbocycles. The average Bonchev–Trinajstić information content (AvgIpc) is 2.59. The molecule has 0 saturated carbocycles. The second-order valence-corrected chi connectivity index (χ2v) is 6.78. The van der Waals surface area contributed by atoms with Gasteiger partial charge in [-0.15, -0.1) is 24.0 Å². The summed E-state index contributed by atoms with van der Waals surface area (Å²) >= 11 is 6.05. The number of benzene rings is 1. The number of piperidine rings is 1. The number of nitrogens with zero attached hydrogens (tertiary/aromatic N) is 2. The van der Waals surface area contributed by atoms with Gasteiger partial charge in [-0.1, -0.05) is 17.7 Å². The first-order valence-corrected chi connectivity index (χ1v) is 9.35. The second-order valence-electron chi connectivity index (χ2n) is 6.37. The molecule has 0 spiro atoms. The standard InChI is InChI=1S/C18H27ClFN5O.HI/c1-2-22-18(23-9-6-14-15(19)4-3-5-16(14)20)24-13-7-10-25(11-8-13)12-17(21)26;/h3-5,13H,2,6-12H2,1H3,(H2,21,26)(H2,22,23,24);1H. The Morgan fingerprint density at radius 3 is 2.70 bits per heavy atom.